The molecule has 3 aromatic heterocycles. The number of methoxy groups -OCH3 is 1. The van der Waals surface area contributed by atoms with Crippen molar-refractivity contribution in [3.63, 3.8) is 0 Å². The van der Waals surface area contributed by atoms with E-state index in [1.807, 2.05) is 76.2 Å². The molecule has 0 saturated heterocycles. The normalized spacial score (nSPS) is 11.3. The zero-order chi connectivity index (χ0) is 25.2. The number of ether oxygens (including phenoxy) is 2. The molecule has 10 heteroatoms. The van der Waals surface area contributed by atoms with Crippen LogP contribution in [0.25, 0.3) is 34.4 Å². The molecule has 36 heavy (non-hydrogen) atoms. The topological polar surface area (TPSA) is 114 Å². The molecule has 10 nitrogen and oxygen atoms in total. The largest absolute Gasteiger partial charge is 0.497 e. The van der Waals surface area contributed by atoms with Crippen LogP contribution in [0.5, 0.6) is 11.5 Å². The van der Waals surface area contributed by atoms with Gasteiger partial charge in [-0.1, -0.05) is 10.4 Å². The summed E-state index contributed by atoms with van der Waals surface area (Å²) in [5.41, 5.74) is 3.73. The Bertz CT molecular complexity index is 1470. The Kier molecular flexibility index (Phi) is 6.24. The Labute approximate surface area is 207 Å². The molecule has 0 aliphatic rings. The molecule has 0 unspecified atom stereocenters. The summed E-state index contributed by atoms with van der Waals surface area (Å²) < 4.78 is 24.0. The van der Waals surface area contributed by atoms with E-state index in [4.69, 9.17) is 18.4 Å². The maximum atomic E-state index is 5.90. The Morgan fingerprint density at radius 3 is 2.28 bits per heavy atom. The van der Waals surface area contributed by atoms with Gasteiger partial charge in [0.25, 0.3) is 5.89 Å². The molecule has 2 aromatic carbocycles. The van der Waals surface area contributed by atoms with E-state index in [0.29, 0.717) is 35.6 Å². The highest BCUT2D eigenvalue weighted by Crippen LogP contribution is 2.27. The molecule has 0 amide bonds. The van der Waals surface area contributed by atoms with Gasteiger partial charge in [-0.2, -0.15) is 4.98 Å². The third-order valence-corrected chi connectivity index (χ3v) is 5.62. The minimum absolute atomic E-state index is 0.105. The summed E-state index contributed by atoms with van der Waals surface area (Å²) in [5, 5.41) is 12.7. The molecule has 5 rings (SSSR count). The molecule has 0 N–H and O–H groups in total. The van der Waals surface area contributed by atoms with Crippen LogP contribution in [-0.4, -0.2) is 43.3 Å². The monoisotopic (exact) mass is 486 g/mol. The molecule has 0 aliphatic heterocycles. The van der Waals surface area contributed by atoms with Crippen molar-refractivity contribution >= 4 is 0 Å². The number of oxazole rings is 1. The molecule has 0 fully saturated rings. The average Bonchev–Trinajstić information content (AvgIpc) is 3.59. The summed E-state index contributed by atoms with van der Waals surface area (Å²) in [6.07, 6.45) is 0.105. The number of hydrogen-bond donors (Lipinski definition) is 0. The number of nitrogens with zero attached hydrogens (tertiary/aromatic N) is 6. The van der Waals surface area contributed by atoms with Crippen LogP contribution in [-0.2, 0) is 6.54 Å². The molecule has 0 aliphatic carbocycles. The van der Waals surface area contributed by atoms with E-state index in [0.717, 1.165) is 34.0 Å². The van der Waals surface area contributed by atoms with E-state index < -0.39 is 0 Å². The summed E-state index contributed by atoms with van der Waals surface area (Å²) in [7, 11) is 1.63. The minimum Gasteiger partial charge on any atom is -0.497 e. The van der Waals surface area contributed by atoms with Gasteiger partial charge in [0.1, 0.15) is 23.0 Å². The van der Waals surface area contributed by atoms with Crippen molar-refractivity contribution in [1.29, 1.82) is 0 Å². The fraction of sp³-hybridized carbons (Fsp3) is 0.269. The second-order valence-electron chi connectivity index (χ2n) is 8.55. The molecule has 0 spiro atoms. The van der Waals surface area contributed by atoms with Gasteiger partial charge in [0.2, 0.25) is 11.7 Å². The van der Waals surface area contributed by atoms with Crippen molar-refractivity contribution in [2.24, 2.45) is 0 Å². The SMILES string of the molecule is COc1ccc(-c2nc(Cn3nnc(-c4nc(-c5ccc(OC(C)C)cc5)no4)c3C)c(C)o2)cc1. The maximum absolute atomic E-state index is 5.90. The van der Waals surface area contributed by atoms with E-state index >= 15 is 0 Å². The lowest BCUT2D eigenvalue weighted by molar-refractivity contribution is 0.242. The lowest BCUT2D eigenvalue weighted by Crippen LogP contribution is -2.05. The Balaban J connectivity index is 1.34. The first-order chi connectivity index (χ1) is 17.4. The predicted molar refractivity (Wildman–Crippen MR) is 132 cm³/mol. The van der Waals surface area contributed by atoms with Crippen molar-refractivity contribution in [2.75, 3.05) is 7.11 Å². The highest BCUT2D eigenvalue weighted by molar-refractivity contribution is 5.59. The van der Waals surface area contributed by atoms with Gasteiger partial charge in [-0.05, 0) is 76.2 Å². The summed E-state index contributed by atoms with van der Waals surface area (Å²) in [4.78, 5) is 9.18. The smallest absolute Gasteiger partial charge is 0.280 e. The zero-order valence-electron chi connectivity index (χ0n) is 20.7. The van der Waals surface area contributed by atoms with Crippen LogP contribution in [0.3, 0.4) is 0 Å². The maximum Gasteiger partial charge on any atom is 0.280 e. The van der Waals surface area contributed by atoms with Gasteiger partial charge >= 0.3 is 0 Å². The van der Waals surface area contributed by atoms with Crippen LogP contribution < -0.4 is 9.47 Å². The molecule has 0 radical (unpaired) electrons. The van der Waals surface area contributed by atoms with Crippen molar-refractivity contribution in [2.45, 2.75) is 40.3 Å². The number of aryl methyl sites for hydroxylation is 1. The van der Waals surface area contributed by atoms with Crippen LogP contribution in [0.4, 0.5) is 0 Å². The molecular formula is C26H26N6O4. The van der Waals surface area contributed by atoms with Gasteiger partial charge in [0.05, 0.1) is 25.5 Å². The van der Waals surface area contributed by atoms with Crippen LogP contribution in [0.15, 0.2) is 57.5 Å². The zero-order valence-corrected chi connectivity index (χ0v) is 20.7. The summed E-state index contributed by atoms with van der Waals surface area (Å²) in [6, 6.07) is 15.1. The number of aromatic nitrogens is 6. The van der Waals surface area contributed by atoms with E-state index in [-0.39, 0.29) is 6.10 Å². The van der Waals surface area contributed by atoms with Crippen LogP contribution in [0, 0.1) is 13.8 Å². The summed E-state index contributed by atoms with van der Waals surface area (Å²) in [5.74, 6) is 3.57. The van der Waals surface area contributed by atoms with Crippen molar-refractivity contribution in [3.8, 4) is 45.9 Å². The van der Waals surface area contributed by atoms with Crippen LogP contribution in [0.2, 0.25) is 0 Å². The third-order valence-electron chi connectivity index (χ3n) is 5.62. The van der Waals surface area contributed by atoms with E-state index in [1.54, 1.807) is 11.8 Å². The first kappa shape index (κ1) is 23.3. The molecule has 0 saturated carbocycles. The van der Waals surface area contributed by atoms with Gasteiger partial charge in [-0.25, -0.2) is 9.67 Å². The fourth-order valence-electron chi connectivity index (χ4n) is 3.67. The molecule has 0 atom stereocenters. The highest BCUT2D eigenvalue weighted by Gasteiger charge is 2.20. The Hall–Kier alpha value is -4.47. The lowest BCUT2D eigenvalue weighted by atomic mass is 10.2. The van der Waals surface area contributed by atoms with Crippen molar-refractivity contribution < 1.29 is 18.4 Å². The first-order valence-electron chi connectivity index (χ1n) is 11.5. The van der Waals surface area contributed by atoms with Gasteiger partial charge in [-0.15, -0.1) is 5.10 Å². The third kappa shape index (κ3) is 4.70. The number of rotatable bonds is 8. The second-order valence-corrected chi connectivity index (χ2v) is 8.55. The van der Waals surface area contributed by atoms with Gasteiger partial charge in [0.15, 0.2) is 5.69 Å². The quantitative estimate of drug-likeness (QED) is 0.295. The van der Waals surface area contributed by atoms with Crippen molar-refractivity contribution in [3.05, 3.63) is 65.7 Å². The number of hydrogen-bond acceptors (Lipinski definition) is 9. The molecular weight excluding hydrogens is 460 g/mol. The standard InChI is InChI=1S/C26H26N6O4/c1-15(2)34-21-12-6-18(7-13-21)24-28-26(36-30-24)23-16(3)32(31-29-23)14-22-17(4)35-25(27-22)19-8-10-20(33-5)11-9-19/h6-13,15H,14H2,1-5H3. The Morgan fingerprint density at radius 1 is 0.889 bits per heavy atom. The first-order valence-corrected chi connectivity index (χ1v) is 11.5. The van der Waals surface area contributed by atoms with Crippen LogP contribution >= 0.6 is 0 Å². The highest BCUT2D eigenvalue weighted by atomic mass is 16.5. The van der Waals surface area contributed by atoms with Gasteiger partial charge < -0.3 is 18.4 Å². The second kappa shape index (κ2) is 9.65. The van der Waals surface area contributed by atoms with Gasteiger partial charge in [0, 0.05) is 11.1 Å². The number of benzene rings is 2. The molecule has 5 aromatic rings. The Morgan fingerprint density at radius 2 is 1.58 bits per heavy atom. The van der Waals surface area contributed by atoms with Crippen LogP contribution in [0.1, 0.15) is 31.0 Å². The van der Waals surface area contributed by atoms with E-state index in [2.05, 4.69) is 25.4 Å². The van der Waals surface area contributed by atoms with Crippen molar-refractivity contribution in [1.82, 2.24) is 30.1 Å². The van der Waals surface area contributed by atoms with E-state index in [1.165, 1.54) is 0 Å². The predicted octanol–water partition coefficient (Wildman–Crippen LogP) is 5.11. The fourth-order valence-corrected chi connectivity index (χ4v) is 3.67. The van der Waals surface area contributed by atoms with Gasteiger partial charge in [-0.3, -0.25) is 0 Å². The lowest BCUT2D eigenvalue weighted by Gasteiger charge is -2.09. The minimum atomic E-state index is 0.105. The molecule has 0 bridgehead atoms. The summed E-state index contributed by atoms with van der Waals surface area (Å²) >= 11 is 0. The summed E-state index contributed by atoms with van der Waals surface area (Å²) in [6.45, 7) is 8.14. The molecule has 184 valence electrons. The molecule has 3 heterocycles. The van der Waals surface area contributed by atoms with E-state index in [9.17, 15) is 0 Å². The average molecular weight is 487 g/mol.